The van der Waals surface area contributed by atoms with Crippen molar-refractivity contribution in [2.24, 2.45) is 5.41 Å². The van der Waals surface area contributed by atoms with Crippen LogP contribution in [0.2, 0.25) is 0 Å². The zero-order valence-corrected chi connectivity index (χ0v) is 19.1. The van der Waals surface area contributed by atoms with Crippen molar-refractivity contribution in [3.8, 4) is 0 Å². The monoisotopic (exact) mass is 429 g/mol. The zero-order valence-electron chi connectivity index (χ0n) is 17.5. The molecular formula is C22H27N3O2S2. The van der Waals surface area contributed by atoms with E-state index in [-0.39, 0.29) is 22.7 Å². The summed E-state index contributed by atoms with van der Waals surface area (Å²) >= 11 is 3.22. The molecule has 2 atom stereocenters. The Balaban J connectivity index is 1.89. The minimum absolute atomic E-state index is 0.105. The SMILES string of the molecule is CC[C@@H](C)Sc1nc2c(c(=O)[nH]1)[C@H](c1ccc(C)s1)C1=C(CC(C)(C)CC1=O)N2. The van der Waals surface area contributed by atoms with Crippen molar-refractivity contribution in [3.63, 3.8) is 0 Å². The molecule has 2 aliphatic rings. The van der Waals surface area contributed by atoms with Crippen LogP contribution >= 0.6 is 23.1 Å². The average Bonchev–Trinajstić information content (AvgIpc) is 3.04. The minimum atomic E-state index is -0.345. The third-order valence-electron chi connectivity index (χ3n) is 5.63. The van der Waals surface area contributed by atoms with Crippen molar-refractivity contribution in [2.45, 2.75) is 70.2 Å². The molecule has 3 heterocycles. The maximum absolute atomic E-state index is 13.2. The zero-order chi connectivity index (χ0) is 20.9. The number of ketones is 1. The van der Waals surface area contributed by atoms with Gasteiger partial charge < -0.3 is 10.3 Å². The number of anilines is 1. The van der Waals surface area contributed by atoms with Gasteiger partial charge in [0.2, 0.25) is 0 Å². The van der Waals surface area contributed by atoms with E-state index in [9.17, 15) is 9.59 Å². The van der Waals surface area contributed by atoms with E-state index < -0.39 is 0 Å². The molecule has 0 bridgehead atoms. The third kappa shape index (κ3) is 3.82. The summed E-state index contributed by atoms with van der Waals surface area (Å²) in [6.45, 7) is 10.5. The van der Waals surface area contributed by atoms with Crippen molar-refractivity contribution in [1.82, 2.24) is 9.97 Å². The lowest BCUT2D eigenvalue weighted by atomic mass is 9.70. The molecule has 1 aliphatic carbocycles. The van der Waals surface area contributed by atoms with Gasteiger partial charge in [0.05, 0.1) is 11.5 Å². The number of aromatic nitrogens is 2. The molecule has 0 radical (unpaired) electrons. The Kier molecular flexibility index (Phi) is 5.23. The van der Waals surface area contributed by atoms with Gasteiger partial charge in [-0.25, -0.2) is 4.98 Å². The van der Waals surface area contributed by atoms with E-state index in [2.05, 4.69) is 38.0 Å². The lowest BCUT2D eigenvalue weighted by molar-refractivity contribution is -0.118. The standard InChI is InChI=1S/C22H27N3O2S2/c1-6-11(2)29-21-24-19-18(20(27)25-21)17(15-8-7-12(3)28-15)16-13(23-19)9-22(4,5)10-14(16)26/h7-8,11,17H,6,9-10H2,1-5H3,(H2,23,24,25,27)/t11-,17-/m1/s1. The Labute approximate surface area is 179 Å². The van der Waals surface area contributed by atoms with Crippen LogP contribution < -0.4 is 10.9 Å². The van der Waals surface area contributed by atoms with Crippen molar-refractivity contribution in [2.75, 3.05) is 5.32 Å². The molecule has 154 valence electrons. The molecule has 5 nitrogen and oxygen atoms in total. The molecule has 1 aliphatic heterocycles. The van der Waals surface area contributed by atoms with Crippen LogP contribution in [-0.4, -0.2) is 21.0 Å². The molecule has 4 rings (SSSR count). The number of nitrogens with one attached hydrogen (secondary N) is 2. The maximum Gasteiger partial charge on any atom is 0.257 e. The fourth-order valence-corrected chi connectivity index (χ4v) is 5.96. The number of Topliss-reactive ketones (excluding diaryl/α,β-unsaturated/α-hetero) is 1. The number of thiophene rings is 1. The van der Waals surface area contributed by atoms with Crippen LogP contribution in [0.15, 0.2) is 33.4 Å². The first-order valence-electron chi connectivity index (χ1n) is 10.1. The number of carbonyl (C=O) groups excluding carboxylic acids is 1. The number of allylic oxidation sites excluding steroid dienone is 2. The van der Waals surface area contributed by atoms with Gasteiger partial charge in [-0.3, -0.25) is 9.59 Å². The molecule has 2 N–H and O–H groups in total. The molecule has 2 aromatic heterocycles. The Morgan fingerprint density at radius 1 is 1.31 bits per heavy atom. The van der Waals surface area contributed by atoms with Crippen molar-refractivity contribution in [1.29, 1.82) is 0 Å². The van der Waals surface area contributed by atoms with Gasteiger partial charge in [0.1, 0.15) is 5.82 Å². The maximum atomic E-state index is 13.2. The lowest BCUT2D eigenvalue weighted by Crippen LogP contribution is -2.36. The molecule has 0 saturated carbocycles. The number of H-pyrrole nitrogens is 1. The molecule has 0 fully saturated rings. The van der Waals surface area contributed by atoms with E-state index in [1.54, 1.807) is 23.1 Å². The van der Waals surface area contributed by atoms with Gasteiger partial charge in [-0.2, -0.15) is 0 Å². The summed E-state index contributed by atoms with van der Waals surface area (Å²) in [7, 11) is 0. The summed E-state index contributed by atoms with van der Waals surface area (Å²) in [5, 5.41) is 4.37. The quantitative estimate of drug-likeness (QED) is 0.514. The Morgan fingerprint density at radius 3 is 2.72 bits per heavy atom. The molecule has 0 aromatic carbocycles. The summed E-state index contributed by atoms with van der Waals surface area (Å²) in [6, 6.07) is 4.09. The van der Waals surface area contributed by atoms with Crippen LogP contribution in [0.25, 0.3) is 0 Å². The number of aromatic amines is 1. The number of nitrogens with zero attached hydrogens (tertiary/aromatic N) is 1. The number of hydrogen-bond donors (Lipinski definition) is 2. The fraction of sp³-hybridized carbons (Fsp3) is 0.500. The Bertz CT molecular complexity index is 1060. The van der Waals surface area contributed by atoms with Crippen LogP contribution in [0.3, 0.4) is 0 Å². The van der Waals surface area contributed by atoms with E-state index in [1.165, 1.54) is 4.88 Å². The first-order chi connectivity index (χ1) is 13.7. The first kappa shape index (κ1) is 20.4. The highest BCUT2D eigenvalue weighted by Crippen LogP contribution is 2.48. The van der Waals surface area contributed by atoms with Crippen LogP contribution in [0.1, 0.15) is 68.2 Å². The Morgan fingerprint density at radius 2 is 2.07 bits per heavy atom. The topological polar surface area (TPSA) is 74.8 Å². The summed E-state index contributed by atoms with van der Waals surface area (Å²) < 4.78 is 0. The van der Waals surface area contributed by atoms with Crippen molar-refractivity contribution >= 4 is 34.7 Å². The van der Waals surface area contributed by atoms with E-state index in [0.29, 0.717) is 28.2 Å². The molecular weight excluding hydrogens is 402 g/mol. The highest BCUT2D eigenvalue weighted by Gasteiger charge is 2.42. The number of hydrogen-bond acceptors (Lipinski definition) is 6. The number of carbonyl (C=O) groups is 1. The second kappa shape index (κ2) is 7.43. The van der Waals surface area contributed by atoms with E-state index in [4.69, 9.17) is 4.98 Å². The highest BCUT2D eigenvalue weighted by atomic mass is 32.2. The average molecular weight is 430 g/mol. The molecule has 0 saturated heterocycles. The van der Waals surface area contributed by atoms with Gasteiger partial charge in [0, 0.05) is 32.7 Å². The fourth-order valence-electron chi connectivity index (χ4n) is 4.12. The number of fused-ring (bicyclic) bond motifs is 1. The van der Waals surface area contributed by atoms with Gasteiger partial charge in [0.15, 0.2) is 10.9 Å². The highest BCUT2D eigenvalue weighted by molar-refractivity contribution is 7.99. The van der Waals surface area contributed by atoms with Gasteiger partial charge in [-0.15, -0.1) is 11.3 Å². The molecule has 0 amide bonds. The normalized spacial score (nSPS) is 21.4. The number of rotatable bonds is 4. The largest absolute Gasteiger partial charge is 0.343 e. The minimum Gasteiger partial charge on any atom is -0.343 e. The van der Waals surface area contributed by atoms with E-state index in [1.807, 2.05) is 19.1 Å². The summed E-state index contributed by atoms with van der Waals surface area (Å²) in [4.78, 5) is 36.3. The first-order valence-corrected chi connectivity index (χ1v) is 11.8. The second-order valence-electron chi connectivity index (χ2n) is 8.81. The summed E-state index contributed by atoms with van der Waals surface area (Å²) in [6.07, 6.45) is 2.27. The smallest absolute Gasteiger partial charge is 0.257 e. The van der Waals surface area contributed by atoms with Gasteiger partial charge >= 0.3 is 0 Å². The lowest BCUT2D eigenvalue weighted by Gasteiger charge is -2.38. The number of aryl methyl sites for hydroxylation is 1. The summed E-state index contributed by atoms with van der Waals surface area (Å²) in [5.74, 6) is 0.380. The molecule has 7 heteroatoms. The molecule has 2 aromatic rings. The predicted molar refractivity (Wildman–Crippen MR) is 120 cm³/mol. The van der Waals surface area contributed by atoms with Gasteiger partial charge in [-0.1, -0.05) is 39.5 Å². The predicted octanol–water partition coefficient (Wildman–Crippen LogP) is 5.23. The second-order valence-corrected chi connectivity index (χ2v) is 11.6. The van der Waals surface area contributed by atoms with Crippen molar-refractivity contribution < 1.29 is 4.79 Å². The Hall–Kier alpha value is -1.86. The van der Waals surface area contributed by atoms with Crippen LogP contribution in [0, 0.1) is 12.3 Å². The van der Waals surface area contributed by atoms with Crippen LogP contribution in [0.4, 0.5) is 5.82 Å². The molecule has 29 heavy (non-hydrogen) atoms. The number of thioether (sulfide) groups is 1. The van der Waals surface area contributed by atoms with Gasteiger partial charge in [0.25, 0.3) is 5.56 Å². The van der Waals surface area contributed by atoms with Crippen molar-refractivity contribution in [3.05, 3.63) is 49.1 Å². The summed E-state index contributed by atoms with van der Waals surface area (Å²) in [5.41, 5.74) is 1.97. The van der Waals surface area contributed by atoms with Gasteiger partial charge in [-0.05, 0) is 37.3 Å². The van der Waals surface area contributed by atoms with E-state index >= 15 is 0 Å². The van der Waals surface area contributed by atoms with Crippen LogP contribution in [-0.2, 0) is 4.79 Å². The molecule has 0 spiro atoms. The van der Waals surface area contributed by atoms with Crippen LogP contribution in [0.5, 0.6) is 0 Å². The third-order valence-corrected chi connectivity index (χ3v) is 7.85. The molecule has 0 unspecified atom stereocenters. The van der Waals surface area contributed by atoms with E-state index in [0.717, 1.165) is 29.0 Å².